The summed E-state index contributed by atoms with van der Waals surface area (Å²) in [7, 11) is 0. The largest absolute Gasteiger partial charge is 0.507 e. The summed E-state index contributed by atoms with van der Waals surface area (Å²) in [5.74, 6) is 1.74. The molecule has 1 saturated heterocycles. The lowest BCUT2D eigenvalue weighted by Gasteiger charge is -2.12. The summed E-state index contributed by atoms with van der Waals surface area (Å²) >= 11 is 2.04. The maximum absolute atomic E-state index is 9.67. The van der Waals surface area contributed by atoms with Crippen LogP contribution in [0, 0.1) is 13.8 Å². The lowest BCUT2D eigenvalue weighted by molar-refractivity contribution is 0.00819. The van der Waals surface area contributed by atoms with Crippen LogP contribution in [0.2, 0.25) is 0 Å². The van der Waals surface area contributed by atoms with E-state index in [0.717, 1.165) is 11.1 Å². The fourth-order valence-corrected chi connectivity index (χ4v) is 3.30. The molecule has 0 radical (unpaired) electrons. The Labute approximate surface area is 109 Å². The van der Waals surface area contributed by atoms with Crippen LogP contribution in [0.4, 0.5) is 13.2 Å². The number of phenolic OH excluding ortho intramolecular Hbond substituents is 1. The molecule has 5 heteroatoms. The van der Waals surface area contributed by atoms with Gasteiger partial charge in [-0.05, 0) is 49.1 Å². The van der Waals surface area contributed by atoms with Crippen molar-refractivity contribution in [3.63, 3.8) is 0 Å². The van der Waals surface area contributed by atoms with Crippen molar-refractivity contribution >= 4 is 11.8 Å². The minimum absolute atomic E-state index is 0.455. The van der Waals surface area contributed by atoms with Crippen molar-refractivity contribution < 1.29 is 18.3 Å². The number of aryl methyl sites for hydroxylation is 2. The van der Waals surface area contributed by atoms with Gasteiger partial charge < -0.3 is 5.11 Å². The molecular weight excluding hydrogens is 261 g/mol. The SMILES string of the molecule is Cc1cc(C2CCCS2)cc(C)c1O.FC(F)F. The molecule has 0 amide bonds. The van der Waals surface area contributed by atoms with E-state index in [1.807, 2.05) is 25.6 Å². The van der Waals surface area contributed by atoms with Crippen LogP contribution >= 0.6 is 11.8 Å². The lowest BCUT2D eigenvalue weighted by Crippen LogP contribution is -1.91. The van der Waals surface area contributed by atoms with Gasteiger partial charge in [0, 0.05) is 5.25 Å². The zero-order chi connectivity index (χ0) is 13.7. The lowest BCUT2D eigenvalue weighted by atomic mass is 10.0. The summed E-state index contributed by atoms with van der Waals surface area (Å²) in [6.07, 6.45) is 2.61. The van der Waals surface area contributed by atoms with Crippen LogP contribution in [-0.2, 0) is 0 Å². The summed E-state index contributed by atoms with van der Waals surface area (Å²) in [4.78, 5) is 0. The molecule has 102 valence electrons. The molecule has 1 atom stereocenters. The smallest absolute Gasteiger partial charge is 0.379 e. The molecule has 1 N–H and O–H groups in total. The minimum Gasteiger partial charge on any atom is -0.507 e. The molecule has 0 bridgehead atoms. The van der Waals surface area contributed by atoms with Crippen LogP contribution in [0.25, 0.3) is 0 Å². The van der Waals surface area contributed by atoms with E-state index in [0.29, 0.717) is 11.0 Å². The molecule has 1 aliphatic heterocycles. The first-order valence-electron chi connectivity index (χ1n) is 5.75. The number of thioether (sulfide) groups is 1. The van der Waals surface area contributed by atoms with E-state index in [1.54, 1.807) is 0 Å². The van der Waals surface area contributed by atoms with Crippen molar-refractivity contribution in [3.8, 4) is 5.75 Å². The van der Waals surface area contributed by atoms with E-state index in [2.05, 4.69) is 12.1 Å². The van der Waals surface area contributed by atoms with Gasteiger partial charge >= 0.3 is 6.68 Å². The molecule has 1 aromatic rings. The van der Waals surface area contributed by atoms with E-state index in [9.17, 15) is 18.3 Å². The van der Waals surface area contributed by atoms with Gasteiger partial charge in [-0.25, -0.2) is 0 Å². The molecular formula is C13H17F3OS. The second-order valence-electron chi connectivity index (χ2n) is 4.25. The topological polar surface area (TPSA) is 20.2 Å². The van der Waals surface area contributed by atoms with Crippen LogP contribution in [0.5, 0.6) is 5.75 Å². The Bertz CT molecular complexity index is 364. The molecule has 18 heavy (non-hydrogen) atoms. The first-order chi connectivity index (χ1) is 8.41. The fourth-order valence-electron chi connectivity index (χ4n) is 2.02. The Morgan fingerprint density at radius 1 is 1.22 bits per heavy atom. The van der Waals surface area contributed by atoms with E-state index in [4.69, 9.17) is 0 Å². The first kappa shape index (κ1) is 15.2. The Hall–Kier alpha value is -0.840. The highest BCUT2D eigenvalue weighted by molar-refractivity contribution is 7.99. The van der Waals surface area contributed by atoms with Crippen molar-refractivity contribution in [1.82, 2.24) is 0 Å². The Morgan fingerprint density at radius 2 is 1.72 bits per heavy atom. The molecule has 0 aliphatic carbocycles. The maximum atomic E-state index is 9.67. The van der Waals surface area contributed by atoms with Crippen LogP contribution in [-0.4, -0.2) is 17.5 Å². The predicted octanol–water partition coefficient (Wildman–Crippen LogP) is 4.76. The molecule has 0 spiro atoms. The van der Waals surface area contributed by atoms with Crippen LogP contribution < -0.4 is 0 Å². The van der Waals surface area contributed by atoms with Gasteiger partial charge in [0.1, 0.15) is 5.75 Å². The van der Waals surface area contributed by atoms with E-state index < -0.39 is 6.68 Å². The highest BCUT2D eigenvalue weighted by Gasteiger charge is 2.18. The Kier molecular flexibility index (Phi) is 5.85. The second-order valence-corrected chi connectivity index (χ2v) is 5.56. The number of hydrogen-bond donors (Lipinski definition) is 1. The molecule has 1 aromatic carbocycles. The first-order valence-corrected chi connectivity index (χ1v) is 6.80. The summed E-state index contributed by atoms with van der Waals surface area (Å²) in [6.45, 7) is 0.289. The monoisotopic (exact) mass is 278 g/mol. The third kappa shape index (κ3) is 4.44. The number of hydrogen-bond acceptors (Lipinski definition) is 2. The van der Waals surface area contributed by atoms with Crippen molar-refractivity contribution in [2.45, 2.75) is 38.6 Å². The number of aromatic hydroxyl groups is 1. The average Bonchev–Trinajstić information content (AvgIpc) is 2.77. The third-order valence-corrected chi connectivity index (χ3v) is 4.25. The minimum atomic E-state index is -3.67. The molecule has 0 aromatic heterocycles. The summed E-state index contributed by atoms with van der Waals surface area (Å²) in [5, 5.41) is 10.3. The summed E-state index contributed by atoms with van der Waals surface area (Å²) < 4.78 is 29.0. The van der Waals surface area contributed by atoms with Gasteiger partial charge in [0.25, 0.3) is 0 Å². The van der Waals surface area contributed by atoms with Gasteiger partial charge in [0.05, 0.1) is 0 Å². The normalized spacial score (nSPS) is 18.7. The number of alkyl halides is 3. The van der Waals surface area contributed by atoms with Crippen molar-refractivity contribution in [2.24, 2.45) is 0 Å². The van der Waals surface area contributed by atoms with Gasteiger partial charge in [-0.1, -0.05) is 12.1 Å². The van der Waals surface area contributed by atoms with Crippen LogP contribution in [0.3, 0.4) is 0 Å². The number of rotatable bonds is 1. The van der Waals surface area contributed by atoms with Crippen molar-refractivity contribution in [2.75, 3.05) is 5.75 Å². The Balaban J connectivity index is 0.000000357. The van der Waals surface area contributed by atoms with E-state index >= 15 is 0 Å². The van der Waals surface area contributed by atoms with Gasteiger partial charge in [0.2, 0.25) is 0 Å². The predicted molar refractivity (Wildman–Crippen MR) is 69.1 cm³/mol. The van der Waals surface area contributed by atoms with Crippen molar-refractivity contribution in [3.05, 3.63) is 28.8 Å². The van der Waals surface area contributed by atoms with Gasteiger partial charge in [-0.15, -0.1) is 0 Å². The molecule has 1 fully saturated rings. The molecule has 1 unspecified atom stereocenters. The van der Waals surface area contributed by atoms with Gasteiger partial charge in [-0.2, -0.15) is 24.9 Å². The van der Waals surface area contributed by atoms with Crippen LogP contribution in [0.1, 0.15) is 34.8 Å². The molecule has 1 aliphatic rings. The van der Waals surface area contributed by atoms with Gasteiger partial charge in [-0.3, -0.25) is 0 Å². The number of halogens is 3. The molecule has 2 rings (SSSR count). The highest BCUT2D eigenvalue weighted by Crippen LogP contribution is 2.41. The zero-order valence-corrected chi connectivity index (χ0v) is 11.2. The molecule has 0 saturated carbocycles. The standard InChI is InChI=1S/C12H16OS.CHF3/c1-8-6-10(7-9(2)12(8)13)11-4-3-5-14-11;2-1(3)4/h6-7,11,13H,3-5H2,1-2H3;1H. The quantitative estimate of drug-likeness (QED) is 0.799. The second kappa shape index (κ2) is 6.92. The van der Waals surface area contributed by atoms with Gasteiger partial charge in [0.15, 0.2) is 0 Å². The molecule has 1 nitrogen and oxygen atoms in total. The van der Waals surface area contributed by atoms with E-state index in [1.165, 1.54) is 24.2 Å². The zero-order valence-electron chi connectivity index (χ0n) is 10.4. The third-order valence-electron chi connectivity index (χ3n) is 2.81. The highest BCUT2D eigenvalue weighted by atomic mass is 32.2. The Morgan fingerprint density at radius 3 is 2.11 bits per heavy atom. The number of phenols is 1. The van der Waals surface area contributed by atoms with Crippen molar-refractivity contribution in [1.29, 1.82) is 0 Å². The fraction of sp³-hybridized carbons (Fsp3) is 0.538. The maximum Gasteiger partial charge on any atom is 0.379 e. The molecule has 1 heterocycles. The number of benzene rings is 1. The average molecular weight is 278 g/mol. The summed E-state index contributed by atoms with van der Waals surface area (Å²) in [6, 6.07) is 4.26. The van der Waals surface area contributed by atoms with Crippen LogP contribution in [0.15, 0.2) is 12.1 Å². The van der Waals surface area contributed by atoms with E-state index in [-0.39, 0.29) is 0 Å². The summed E-state index contributed by atoms with van der Waals surface area (Å²) in [5.41, 5.74) is 3.40.